The second kappa shape index (κ2) is 5.57. The average molecular weight is 268 g/mol. The highest BCUT2D eigenvalue weighted by Gasteiger charge is 2.15. The molecule has 2 nitrogen and oxygen atoms in total. The molecule has 0 aliphatic carbocycles. The van der Waals surface area contributed by atoms with Crippen molar-refractivity contribution in [2.75, 3.05) is 6.61 Å². The standard InChI is InChI=1S/C8H13IO2/c1-4-7(9)6(3)8(10)11-5-2/h4,6H,5H2,1-3H3/b7-4+. The van der Waals surface area contributed by atoms with Crippen LogP contribution in [0.25, 0.3) is 0 Å². The van der Waals surface area contributed by atoms with E-state index in [1.165, 1.54) is 0 Å². The Morgan fingerprint density at radius 2 is 2.27 bits per heavy atom. The van der Waals surface area contributed by atoms with Crippen LogP contribution in [-0.2, 0) is 9.53 Å². The van der Waals surface area contributed by atoms with Crippen LogP contribution < -0.4 is 0 Å². The minimum Gasteiger partial charge on any atom is -0.466 e. The largest absolute Gasteiger partial charge is 0.466 e. The molecule has 0 aliphatic rings. The van der Waals surface area contributed by atoms with Crippen LogP contribution in [0.1, 0.15) is 20.8 Å². The van der Waals surface area contributed by atoms with Gasteiger partial charge in [-0.05, 0) is 43.4 Å². The van der Waals surface area contributed by atoms with Crippen molar-refractivity contribution in [3.8, 4) is 0 Å². The molecule has 0 spiro atoms. The molecule has 0 saturated heterocycles. The molecule has 0 aromatic rings. The van der Waals surface area contributed by atoms with Gasteiger partial charge in [0, 0.05) is 3.58 Å². The van der Waals surface area contributed by atoms with Gasteiger partial charge >= 0.3 is 5.97 Å². The summed E-state index contributed by atoms with van der Waals surface area (Å²) in [5, 5.41) is 0. The molecule has 0 aliphatic heterocycles. The number of carbonyl (C=O) groups excluding carboxylic acids is 1. The second-order valence-electron chi connectivity index (χ2n) is 2.15. The van der Waals surface area contributed by atoms with E-state index in [0.717, 1.165) is 3.58 Å². The molecule has 0 N–H and O–H groups in total. The van der Waals surface area contributed by atoms with E-state index >= 15 is 0 Å². The van der Waals surface area contributed by atoms with Crippen LogP contribution >= 0.6 is 22.6 Å². The number of hydrogen-bond acceptors (Lipinski definition) is 2. The zero-order valence-corrected chi connectivity index (χ0v) is 9.21. The lowest BCUT2D eigenvalue weighted by atomic mass is 10.2. The highest BCUT2D eigenvalue weighted by atomic mass is 127. The molecule has 64 valence electrons. The molecule has 0 amide bonds. The lowest BCUT2D eigenvalue weighted by Crippen LogP contribution is -2.14. The van der Waals surface area contributed by atoms with Crippen molar-refractivity contribution < 1.29 is 9.53 Å². The smallest absolute Gasteiger partial charge is 0.313 e. The van der Waals surface area contributed by atoms with Crippen LogP contribution in [0.15, 0.2) is 9.66 Å². The summed E-state index contributed by atoms with van der Waals surface area (Å²) in [7, 11) is 0. The summed E-state index contributed by atoms with van der Waals surface area (Å²) < 4.78 is 5.87. The van der Waals surface area contributed by atoms with Crippen molar-refractivity contribution in [1.82, 2.24) is 0 Å². The number of allylic oxidation sites excluding steroid dienone is 1. The van der Waals surface area contributed by atoms with Crippen molar-refractivity contribution in [2.24, 2.45) is 5.92 Å². The van der Waals surface area contributed by atoms with Gasteiger partial charge in [-0.1, -0.05) is 6.08 Å². The summed E-state index contributed by atoms with van der Waals surface area (Å²) in [6.07, 6.45) is 1.92. The van der Waals surface area contributed by atoms with E-state index in [2.05, 4.69) is 22.6 Å². The van der Waals surface area contributed by atoms with E-state index in [1.54, 1.807) is 0 Å². The molecule has 0 aromatic carbocycles. The number of hydrogen-bond donors (Lipinski definition) is 0. The zero-order chi connectivity index (χ0) is 8.85. The maximum absolute atomic E-state index is 11.1. The topological polar surface area (TPSA) is 26.3 Å². The van der Waals surface area contributed by atoms with Crippen LogP contribution in [-0.4, -0.2) is 12.6 Å². The van der Waals surface area contributed by atoms with Crippen molar-refractivity contribution in [3.05, 3.63) is 9.66 Å². The van der Waals surface area contributed by atoms with Gasteiger partial charge in [-0.3, -0.25) is 4.79 Å². The Morgan fingerprint density at radius 1 is 1.73 bits per heavy atom. The van der Waals surface area contributed by atoms with Crippen LogP contribution in [0.3, 0.4) is 0 Å². The fraction of sp³-hybridized carbons (Fsp3) is 0.625. The number of carbonyl (C=O) groups is 1. The molecular formula is C8H13IO2. The summed E-state index contributed by atoms with van der Waals surface area (Å²) in [4.78, 5) is 11.1. The Labute approximate surface area is 81.1 Å². The van der Waals surface area contributed by atoms with Gasteiger partial charge in [-0.15, -0.1) is 0 Å². The first-order valence-electron chi connectivity index (χ1n) is 3.61. The summed E-state index contributed by atoms with van der Waals surface area (Å²) >= 11 is 2.15. The van der Waals surface area contributed by atoms with E-state index in [1.807, 2.05) is 26.8 Å². The van der Waals surface area contributed by atoms with Crippen LogP contribution in [0, 0.1) is 5.92 Å². The summed E-state index contributed by atoms with van der Waals surface area (Å²) in [6, 6.07) is 0. The van der Waals surface area contributed by atoms with E-state index in [4.69, 9.17) is 4.74 Å². The maximum Gasteiger partial charge on any atom is 0.313 e. The van der Waals surface area contributed by atoms with E-state index in [0.29, 0.717) is 6.61 Å². The molecule has 0 bridgehead atoms. The summed E-state index contributed by atoms with van der Waals surface area (Å²) in [6.45, 7) is 6.03. The minimum atomic E-state index is -0.144. The van der Waals surface area contributed by atoms with Gasteiger partial charge in [0.25, 0.3) is 0 Å². The maximum atomic E-state index is 11.1. The molecule has 11 heavy (non-hydrogen) atoms. The molecule has 1 unspecified atom stereocenters. The second-order valence-corrected chi connectivity index (χ2v) is 3.39. The van der Waals surface area contributed by atoms with Gasteiger partial charge in [0.05, 0.1) is 12.5 Å². The predicted octanol–water partition coefficient (Wildman–Crippen LogP) is 2.52. The van der Waals surface area contributed by atoms with E-state index in [9.17, 15) is 4.79 Å². The van der Waals surface area contributed by atoms with Crippen molar-refractivity contribution in [2.45, 2.75) is 20.8 Å². The average Bonchev–Trinajstić information content (AvgIpc) is 2.02. The highest BCUT2D eigenvalue weighted by Crippen LogP contribution is 2.18. The fourth-order valence-electron chi connectivity index (χ4n) is 0.630. The van der Waals surface area contributed by atoms with Gasteiger partial charge < -0.3 is 4.74 Å². The molecule has 0 saturated carbocycles. The zero-order valence-electron chi connectivity index (χ0n) is 7.06. The molecular weight excluding hydrogens is 255 g/mol. The lowest BCUT2D eigenvalue weighted by molar-refractivity contribution is -0.145. The molecule has 0 fully saturated rings. The Bertz CT molecular complexity index is 163. The van der Waals surface area contributed by atoms with Gasteiger partial charge in [0.2, 0.25) is 0 Å². The first kappa shape index (κ1) is 10.9. The van der Waals surface area contributed by atoms with Crippen LogP contribution in [0.5, 0.6) is 0 Å². The Balaban J connectivity index is 4.02. The SMILES string of the molecule is C/C=C(/I)C(C)C(=O)OCC. The van der Waals surface area contributed by atoms with Gasteiger partial charge in [-0.25, -0.2) is 0 Å². The quantitative estimate of drug-likeness (QED) is 0.580. The third-order valence-electron chi connectivity index (χ3n) is 1.33. The number of ether oxygens (including phenoxy) is 1. The molecule has 0 aromatic heterocycles. The molecule has 3 heteroatoms. The molecule has 0 heterocycles. The lowest BCUT2D eigenvalue weighted by Gasteiger charge is -2.08. The van der Waals surface area contributed by atoms with E-state index in [-0.39, 0.29) is 11.9 Å². The fourth-order valence-corrected chi connectivity index (χ4v) is 0.884. The monoisotopic (exact) mass is 268 g/mol. The van der Waals surface area contributed by atoms with Crippen molar-refractivity contribution in [1.29, 1.82) is 0 Å². The highest BCUT2D eigenvalue weighted by molar-refractivity contribution is 14.1. The van der Waals surface area contributed by atoms with E-state index < -0.39 is 0 Å². The first-order valence-corrected chi connectivity index (χ1v) is 4.69. The number of halogens is 1. The normalized spacial score (nSPS) is 14.4. The van der Waals surface area contributed by atoms with Crippen molar-refractivity contribution in [3.63, 3.8) is 0 Å². The van der Waals surface area contributed by atoms with Crippen molar-refractivity contribution >= 4 is 28.6 Å². The van der Waals surface area contributed by atoms with Gasteiger partial charge in [0.15, 0.2) is 0 Å². The Hall–Kier alpha value is -0.0600. The van der Waals surface area contributed by atoms with Crippen LogP contribution in [0.2, 0.25) is 0 Å². The van der Waals surface area contributed by atoms with Gasteiger partial charge in [0.1, 0.15) is 0 Å². The third kappa shape index (κ3) is 3.74. The minimum absolute atomic E-state index is 0.111. The Morgan fingerprint density at radius 3 is 2.64 bits per heavy atom. The third-order valence-corrected chi connectivity index (χ3v) is 2.89. The number of esters is 1. The van der Waals surface area contributed by atoms with Gasteiger partial charge in [-0.2, -0.15) is 0 Å². The molecule has 1 atom stereocenters. The predicted molar refractivity (Wildman–Crippen MR) is 53.6 cm³/mol. The van der Waals surface area contributed by atoms with Crippen LogP contribution in [0.4, 0.5) is 0 Å². The summed E-state index contributed by atoms with van der Waals surface area (Å²) in [5.41, 5.74) is 0. The summed E-state index contributed by atoms with van der Waals surface area (Å²) in [5.74, 6) is -0.254. The molecule has 0 rings (SSSR count). The number of rotatable bonds is 3. The molecule has 0 radical (unpaired) electrons. The first-order chi connectivity index (χ1) is 5.13. The Kier molecular flexibility index (Phi) is 5.54.